The monoisotopic (exact) mass is 187 g/mol. The van der Waals surface area contributed by atoms with E-state index in [1.54, 1.807) is 0 Å². The second-order valence-electron chi connectivity index (χ2n) is 4.70. The molecule has 0 saturated carbocycles. The van der Waals surface area contributed by atoms with Crippen LogP contribution in [0.1, 0.15) is 41.0 Å². The molecular weight excluding hydrogens is 162 g/mol. The van der Waals surface area contributed by atoms with E-state index in [-0.39, 0.29) is 5.41 Å². The Morgan fingerprint density at radius 1 is 1.31 bits per heavy atom. The summed E-state index contributed by atoms with van der Waals surface area (Å²) < 4.78 is 5.60. The third-order valence-corrected chi connectivity index (χ3v) is 1.84. The molecule has 80 valence electrons. The first-order valence-electron chi connectivity index (χ1n) is 5.30. The van der Waals surface area contributed by atoms with E-state index in [9.17, 15) is 0 Å². The van der Waals surface area contributed by atoms with Crippen molar-refractivity contribution < 1.29 is 4.74 Å². The first-order chi connectivity index (χ1) is 5.98. The molecular formula is C11H25NO. The van der Waals surface area contributed by atoms with Gasteiger partial charge in [-0.25, -0.2) is 0 Å². The molecule has 0 radical (unpaired) electrons. The number of hydrogen-bond donors (Lipinski definition) is 1. The number of ether oxygens (including phenoxy) is 1. The average Bonchev–Trinajstić information content (AvgIpc) is 2.02. The van der Waals surface area contributed by atoms with Gasteiger partial charge in [-0.3, -0.25) is 0 Å². The maximum Gasteiger partial charge on any atom is 0.0532 e. The molecule has 0 aromatic carbocycles. The van der Waals surface area contributed by atoms with Gasteiger partial charge in [0.1, 0.15) is 0 Å². The molecule has 2 nitrogen and oxygen atoms in total. The molecule has 0 bridgehead atoms. The lowest BCUT2D eigenvalue weighted by Gasteiger charge is -2.26. The Morgan fingerprint density at radius 2 is 1.92 bits per heavy atom. The lowest BCUT2D eigenvalue weighted by atomic mass is 9.95. The van der Waals surface area contributed by atoms with Gasteiger partial charge in [0.2, 0.25) is 0 Å². The van der Waals surface area contributed by atoms with E-state index in [1.807, 2.05) is 0 Å². The normalized spacial score (nSPS) is 12.5. The largest absolute Gasteiger partial charge is 0.378 e. The Morgan fingerprint density at radius 3 is 2.38 bits per heavy atom. The van der Waals surface area contributed by atoms with Gasteiger partial charge in [-0.05, 0) is 26.8 Å². The Kier molecular flexibility index (Phi) is 6.35. The van der Waals surface area contributed by atoms with Crippen molar-refractivity contribution in [3.8, 4) is 0 Å². The zero-order chi connectivity index (χ0) is 10.3. The fourth-order valence-corrected chi connectivity index (χ4v) is 1.05. The highest BCUT2D eigenvalue weighted by molar-refractivity contribution is 4.70. The molecule has 2 heteroatoms. The third-order valence-electron chi connectivity index (χ3n) is 1.84. The van der Waals surface area contributed by atoms with Crippen molar-refractivity contribution >= 4 is 0 Å². The third kappa shape index (κ3) is 8.26. The van der Waals surface area contributed by atoms with Crippen molar-refractivity contribution in [1.82, 2.24) is 5.32 Å². The van der Waals surface area contributed by atoms with Gasteiger partial charge in [-0.1, -0.05) is 20.8 Å². The van der Waals surface area contributed by atoms with Crippen molar-refractivity contribution in [2.75, 3.05) is 19.7 Å². The van der Waals surface area contributed by atoms with E-state index in [0.717, 1.165) is 19.7 Å². The molecule has 0 atom stereocenters. The smallest absolute Gasteiger partial charge is 0.0532 e. The highest BCUT2D eigenvalue weighted by Crippen LogP contribution is 2.14. The van der Waals surface area contributed by atoms with Crippen LogP contribution in [-0.2, 0) is 4.74 Å². The second kappa shape index (κ2) is 6.39. The van der Waals surface area contributed by atoms with E-state index in [1.165, 1.54) is 6.42 Å². The quantitative estimate of drug-likeness (QED) is 0.618. The molecule has 0 rings (SSSR count). The topological polar surface area (TPSA) is 21.3 Å². The molecule has 0 aliphatic heterocycles. The number of hydrogen-bond acceptors (Lipinski definition) is 2. The lowest BCUT2D eigenvalue weighted by Crippen LogP contribution is -2.34. The standard InChI is InChI=1S/C11H25NO/c1-6-7-12-8-11(4,5)9-13-10(2)3/h10,12H,6-9H2,1-5H3. The molecule has 0 aliphatic rings. The molecule has 0 aromatic heterocycles. The summed E-state index contributed by atoms with van der Waals surface area (Å²) in [5.41, 5.74) is 0.249. The molecule has 0 heterocycles. The summed E-state index contributed by atoms with van der Waals surface area (Å²) in [6.45, 7) is 13.8. The second-order valence-corrected chi connectivity index (χ2v) is 4.70. The Labute approximate surface area is 83.1 Å². The van der Waals surface area contributed by atoms with Crippen LogP contribution in [0.3, 0.4) is 0 Å². The van der Waals surface area contributed by atoms with E-state index in [4.69, 9.17) is 4.74 Å². The highest BCUT2D eigenvalue weighted by atomic mass is 16.5. The van der Waals surface area contributed by atoms with Gasteiger partial charge >= 0.3 is 0 Å². The van der Waals surface area contributed by atoms with Crippen LogP contribution in [0, 0.1) is 5.41 Å². The van der Waals surface area contributed by atoms with Crippen LogP contribution in [-0.4, -0.2) is 25.8 Å². The van der Waals surface area contributed by atoms with Crippen LogP contribution in [0.2, 0.25) is 0 Å². The lowest BCUT2D eigenvalue weighted by molar-refractivity contribution is 0.0218. The maximum absolute atomic E-state index is 5.60. The summed E-state index contributed by atoms with van der Waals surface area (Å²) in [5.74, 6) is 0. The summed E-state index contributed by atoms with van der Waals surface area (Å²) in [6.07, 6.45) is 1.53. The maximum atomic E-state index is 5.60. The van der Waals surface area contributed by atoms with Gasteiger partial charge in [0.05, 0.1) is 12.7 Å². The Bertz CT molecular complexity index is 121. The van der Waals surface area contributed by atoms with Crippen LogP contribution >= 0.6 is 0 Å². The van der Waals surface area contributed by atoms with Crippen molar-refractivity contribution in [3.05, 3.63) is 0 Å². The summed E-state index contributed by atoms with van der Waals surface area (Å²) in [6, 6.07) is 0. The SMILES string of the molecule is CCCNCC(C)(C)COC(C)C. The molecule has 0 aliphatic carbocycles. The average molecular weight is 187 g/mol. The van der Waals surface area contributed by atoms with Crippen LogP contribution in [0.4, 0.5) is 0 Å². The minimum absolute atomic E-state index is 0.249. The molecule has 0 fully saturated rings. The van der Waals surface area contributed by atoms with E-state index >= 15 is 0 Å². The first-order valence-corrected chi connectivity index (χ1v) is 5.30. The fourth-order valence-electron chi connectivity index (χ4n) is 1.05. The number of rotatable bonds is 7. The van der Waals surface area contributed by atoms with Gasteiger partial charge < -0.3 is 10.1 Å². The van der Waals surface area contributed by atoms with E-state index in [0.29, 0.717) is 6.10 Å². The predicted octanol–water partition coefficient (Wildman–Crippen LogP) is 2.44. The van der Waals surface area contributed by atoms with Crippen molar-refractivity contribution in [2.45, 2.75) is 47.1 Å². The van der Waals surface area contributed by atoms with E-state index in [2.05, 4.69) is 39.9 Å². The van der Waals surface area contributed by atoms with Gasteiger partial charge in [-0.15, -0.1) is 0 Å². The molecule has 0 aromatic rings. The molecule has 0 saturated heterocycles. The predicted molar refractivity (Wildman–Crippen MR) is 58.0 cm³/mol. The minimum atomic E-state index is 0.249. The van der Waals surface area contributed by atoms with Crippen molar-refractivity contribution in [2.24, 2.45) is 5.41 Å². The van der Waals surface area contributed by atoms with Crippen LogP contribution < -0.4 is 5.32 Å². The summed E-state index contributed by atoms with van der Waals surface area (Å²) in [5, 5.41) is 3.42. The molecule has 13 heavy (non-hydrogen) atoms. The molecule has 0 unspecified atom stereocenters. The zero-order valence-electron chi connectivity index (χ0n) is 9.81. The zero-order valence-corrected chi connectivity index (χ0v) is 9.81. The van der Waals surface area contributed by atoms with Gasteiger partial charge in [0.15, 0.2) is 0 Å². The highest BCUT2D eigenvalue weighted by Gasteiger charge is 2.17. The van der Waals surface area contributed by atoms with Gasteiger partial charge in [-0.2, -0.15) is 0 Å². The fraction of sp³-hybridized carbons (Fsp3) is 1.00. The minimum Gasteiger partial charge on any atom is -0.378 e. The molecule has 0 spiro atoms. The Hall–Kier alpha value is -0.0800. The molecule has 0 amide bonds. The van der Waals surface area contributed by atoms with Crippen LogP contribution in [0.5, 0.6) is 0 Å². The summed E-state index contributed by atoms with van der Waals surface area (Å²) in [4.78, 5) is 0. The van der Waals surface area contributed by atoms with E-state index < -0.39 is 0 Å². The van der Waals surface area contributed by atoms with Crippen LogP contribution in [0.25, 0.3) is 0 Å². The first kappa shape index (κ1) is 12.9. The van der Waals surface area contributed by atoms with Crippen LogP contribution in [0.15, 0.2) is 0 Å². The van der Waals surface area contributed by atoms with Gasteiger partial charge in [0.25, 0.3) is 0 Å². The Balaban J connectivity index is 3.54. The van der Waals surface area contributed by atoms with Crippen molar-refractivity contribution in [3.63, 3.8) is 0 Å². The number of nitrogens with one attached hydrogen (secondary N) is 1. The van der Waals surface area contributed by atoms with Crippen molar-refractivity contribution in [1.29, 1.82) is 0 Å². The molecule has 1 N–H and O–H groups in total. The summed E-state index contributed by atoms with van der Waals surface area (Å²) >= 11 is 0. The summed E-state index contributed by atoms with van der Waals surface area (Å²) in [7, 11) is 0. The van der Waals surface area contributed by atoms with Gasteiger partial charge in [0, 0.05) is 12.0 Å².